The Morgan fingerprint density at radius 3 is 2.64 bits per heavy atom. The second kappa shape index (κ2) is 2.49. The van der Waals surface area contributed by atoms with Crippen LogP contribution in [0, 0.1) is 0 Å². The summed E-state index contributed by atoms with van der Waals surface area (Å²) >= 11 is 0. The maximum atomic E-state index is 11.1. The third-order valence-electron chi connectivity index (χ3n) is 2.05. The lowest BCUT2D eigenvalue weighted by Gasteiger charge is -2.18. The normalized spacial score (nSPS) is 11.5. The molecule has 0 aliphatic heterocycles. The van der Waals surface area contributed by atoms with Crippen LogP contribution in [0.25, 0.3) is 0 Å². The minimum absolute atomic E-state index is 0.141. The Hall–Kier alpha value is -1.12. The number of H-pyrrole nitrogens is 1. The summed E-state index contributed by atoms with van der Waals surface area (Å²) in [6.45, 7) is 5.34. The van der Waals surface area contributed by atoms with E-state index in [-0.39, 0.29) is 5.78 Å². The molecule has 0 spiro atoms. The van der Waals surface area contributed by atoms with Crippen molar-refractivity contribution in [2.24, 2.45) is 0 Å². The van der Waals surface area contributed by atoms with Gasteiger partial charge in [0, 0.05) is 11.9 Å². The second-order valence-corrected chi connectivity index (χ2v) is 3.15. The van der Waals surface area contributed by atoms with Crippen LogP contribution in [-0.2, 0) is 10.2 Å². The van der Waals surface area contributed by atoms with Crippen LogP contribution in [0.1, 0.15) is 26.5 Å². The smallest absolute Gasteiger partial charge is 0.141 e. The SMILES string of the molecule is CC(=O)C(C)(C)c1cnc[nH]1. The average Bonchev–Trinajstić information content (AvgIpc) is 2.37. The first-order valence-electron chi connectivity index (χ1n) is 3.55. The van der Waals surface area contributed by atoms with Crippen molar-refractivity contribution < 1.29 is 4.79 Å². The van der Waals surface area contributed by atoms with Crippen molar-refractivity contribution in [2.45, 2.75) is 26.2 Å². The molecule has 0 aliphatic rings. The summed E-state index contributed by atoms with van der Waals surface area (Å²) in [5, 5.41) is 0. The second-order valence-electron chi connectivity index (χ2n) is 3.15. The number of imidazole rings is 1. The quantitative estimate of drug-likeness (QED) is 0.693. The van der Waals surface area contributed by atoms with Gasteiger partial charge < -0.3 is 4.98 Å². The molecule has 1 N–H and O–H groups in total. The van der Waals surface area contributed by atoms with Crippen molar-refractivity contribution in [1.29, 1.82) is 0 Å². The van der Waals surface area contributed by atoms with Crippen molar-refractivity contribution in [3.63, 3.8) is 0 Å². The van der Waals surface area contributed by atoms with Crippen molar-refractivity contribution >= 4 is 5.78 Å². The molecule has 0 saturated carbocycles. The number of aromatic amines is 1. The van der Waals surface area contributed by atoms with Crippen LogP contribution in [0.5, 0.6) is 0 Å². The first-order chi connectivity index (χ1) is 5.05. The van der Waals surface area contributed by atoms with Crippen molar-refractivity contribution in [2.75, 3.05) is 0 Å². The highest BCUT2D eigenvalue weighted by Crippen LogP contribution is 2.20. The van der Waals surface area contributed by atoms with E-state index in [4.69, 9.17) is 0 Å². The lowest BCUT2D eigenvalue weighted by Crippen LogP contribution is -2.26. The minimum Gasteiger partial charge on any atom is -0.348 e. The number of hydrogen-bond donors (Lipinski definition) is 1. The molecule has 3 heteroatoms. The van der Waals surface area contributed by atoms with Crippen molar-refractivity contribution in [1.82, 2.24) is 9.97 Å². The third kappa shape index (κ3) is 1.31. The van der Waals surface area contributed by atoms with E-state index in [1.807, 2.05) is 13.8 Å². The third-order valence-corrected chi connectivity index (χ3v) is 2.05. The predicted octanol–water partition coefficient (Wildman–Crippen LogP) is 1.28. The maximum Gasteiger partial charge on any atom is 0.141 e. The zero-order chi connectivity index (χ0) is 8.48. The first-order valence-corrected chi connectivity index (χ1v) is 3.55. The highest BCUT2D eigenvalue weighted by atomic mass is 16.1. The van der Waals surface area contributed by atoms with Gasteiger partial charge in [0.05, 0.1) is 11.7 Å². The van der Waals surface area contributed by atoms with Gasteiger partial charge >= 0.3 is 0 Å². The van der Waals surface area contributed by atoms with E-state index < -0.39 is 5.41 Å². The molecule has 0 atom stereocenters. The molecule has 0 saturated heterocycles. The maximum absolute atomic E-state index is 11.1. The zero-order valence-electron chi connectivity index (χ0n) is 7.01. The van der Waals surface area contributed by atoms with E-state index in [1.54, 1.807) is 19.4 Å². The van der Waals surface area contributed by atoms with E-state index in [0.717, 1.165) is 5.69 Å². The fourth-order valence-electron chi connectivity index (χ4n) is 0.787. The molecule has 3 nitrogen and oxygen atoms in total. The monoisotopic (exact) mass is 152 g/mol. The number of Topliss-reactive ketones (excluding diaryl/α,β-unsaturated/α-hetero) is 1. The number of carbonyl (C=O) groups is 1. The summed E-state index contributed by atoms with van der Waals surface area (Å²) in [6.07, 6.45) is 3.27. The average molecular weight is 152 g/mol. The molecule has 0 aliphatic carbocycles. The lowest BCUT2D eigenvalue weighted by molar-refractivity contribution is -0.121. The molecule has 1 heterocycles. The van der Waals surface area contributed by atoms with Gasteiger partial charge in [-0.3, -0.25) is 4.79 Å². The van der Waals surface area contributed by atoms with E-state index >= 15 is 0 Å². The van der Waals surface area contributed by atoms with Gasteiger partial charge in [-0.25, -0.2) is 4.98 Å². The molecule has 0 bridgehead atoms. The molecule has 1 rings (SSSR count). The molecular weight excluding hydrogens is 140 g/mol. The van der Waals surface area contributed by atoms with Crippen LogP contribution in [0.15, 0.2) is 12.5 Å². The first kappa shape index (κ1) is 7.98. The molecular formula is C8H12N2O. The van der Waals surface area contributed by atoms with E-state index in [0.29, 0.717) is 0 Å². The highest BCUT2D eigenvalue weighted by Gasteiger charge is 2.26. The van der Waals surface area contributed by atoms with Gasteiger partial charge in [-0.05, 0) is 20.8 Å². The predicted molar refractivity (Wildman–Crippen MR) is 42.3 cm³/mol. The van der Waals surface area contributed by atoms with E-state index in [1.165, 1.54) is 0 Å². The number of hydrogen-bond acceptors (Lipinski definition) is 2. The molecule has 0 fully saturated rings. The van der Waals surface area contributed by atoms with Gasteiger partial charge in [0.15, 0.2) is 0 Å². The summed E-state index contributed by atoms with van der Waals surface area (Å²) in [6, 6.07) is 0. The molecule has 0 aromatic carbocycles. The zero-order valence-corrected chi connectivity index (χ0v) is 7.01. The van der Waals surface area contributed by atoms with Crippen LogP contribution in [0.4, 0.5) is 0 Å². The highest BCUT2D eigenvalue weighted by molar-refractivity contribution is 5.86. The van der Waals surface area contributed by atoms with Gasteiger partial charge in [-0.15, -0.1) is 0 Å². The van der Waals surface area contributed by atoms with E-state index in [2.05, 4.69) is 9.97 Å². The van der Waals surface area contributed by atoms with Crippen LogP contribution >= 0.6 is 0 Å². The summed E-state index contributed by atoms with van der Waals surface area (Å²) in [5.74, 6) is 0.141. The molecule has 1 aromatic heterocycles. The Bertz CT molecular complexity index is 249. The molecule has 0 radical (unpaired) electrons. The summed E-state index contributed by atoms with van der Waals surface area (Å²) < 4.78 is 0. The number of nitrogens with one attached hydrogen (secondary N) is 1. The number of ketones is 1. The number of carbonyl (C=O) groups excluding carboxylic acids is 1. The Kier molecular flexibility index (Phi) is 1.81. The van der Waals surface area contributed by atoms with Gasteiger partial charge in [-0.1, -0.05) is 0 Å². The fraction of sp³-hybridized carbons (Fsp3) is 0.500. The Labute approximate surface area is 65.8 Å². The number of nitrogens with zero attached hydrogens (tertiary/aromatic N) is 1. The summed E-state index contributed by atoms with van der Waals surface area (Å²) in [4.78, 5) is 17.9. The standard InChI is InChI=1S/C8H12N2O/c1-6(11)8(2,3)7-4-9-5-10-7/h4-5H,1-3H3,(H,9,10). The summed E-state index contributed by atoms with van der Waals surface area (Å²) in [7, 11) is 0. The largest absolute Gasteiger partial charge is 0.348 e. The summed E-state index contributed by atoms with van der Waals surface area (Å²) in [5.41, 5.74) is 0.432. The molecule has 1 aromatic rings. The fourth-order valence-corrected chi connectivity index (χ4v) is 0.787. The molecule has 60 valence electrons. The van der Waals surface area contributed by atoms with Crippen LogP contribution in [0.2, 0.25) is 0 Å². The van der Waals surface area contributed by atoms with Crippen LogP contribution in [0.3, 0.4) is 0 Å². The number of aromatic nitrogens is 2. The Morgan fingerprint density at radius 2 is 2.27 bits per heavy atom. The lowest BCUT2D eigenvalue weighted by atomic mass is 9.86. The Balaban J connectivity index is 3.00. The van der Waals surface area contributed by atoms with E-state index in [9.17, 15) is 4.79 Å². The van der Waals surface area contributed by atoms with Crippen molar-refractivity contribution in [3.8, 4) is 0 Å². The van der Waals surface area contributed by atoms with Gasteiger partial charge in [-0.2, -0.15) is 0 Å². The van der Waals surface area contributed by atoms with Crippen molar-refractivity contribution in [3.05, 3.63) is 18.2 Å². The minimum atomic E-state index is -0.434. The van der Waals surface area contributed by atoms with Gasteiger partial charge in [0.2, 0.25) is 0 Å². The van der Waals surface area contributed by atoms with Crippen LogP contribution in [-0.4, -0.2) is 15.8 Å². The van der Waals surface area contributed by atoms with Crippen LogP contribution < -0.4 is 0 Å². The molecule has 0 amide bonds. The number of rotatable bonds is 2. The van der Waals surface area contributed by atoms with Gasteiger partial charge in [0.1, 0.15) is 5.78 Å². The molecule has 11 heavy (non-hydrogen) atoms. The molecule has 0 unspecified atom stereocenters. The Morgan fingerprint density at radius 1 is 1.64 bits per heavy atom. The van der Waals surface area contributed by atoms with Gasteiger partial charge in [0.25, 0.3) is 0 Å². The topological polar surface area (TPSA) is 45.8 Å².